The molecular weight excluding hydrogens is 489 g/mol. The third kappa shape index (κ3) is 4.72. The van der Waals surface area contributed by atoms with Gasteiger partial charge in [-0.2, -0.15) is 8.78 Å². The second-order valence-electron chi connectivity index (χ2n) is 7.75. The number of esters is 1. The third-order valence-corrected chi connectivity index (χ3v) is 5.08. The summed E-state index contributed by atoms with van der Waals surface area (Å²) >= 11 is 0. The van der Waals surface area contributed by atoms with Gasteiger partial charge in [0.05, 0.1) is 5.56 Å². The summed E-state index contributed by atoms with van der Waals surface area (Å²) in [5, 5.41) is 0. The summed E-state index contributed by atoms with van der Waals surface area (Å²) in [6.45, 7) is -1.16. The summed E-state index contributed by atoms with van der Waals surface area (Å²) in [7, 11) is 3.78. The number of Topliss-reactive ketones (excluding diaryl/α,β-unsaturated/α-hetero) is 1. The van der Waals surface area contributed by atoms with Gasteiger partial charge in [0, 0.05) is 25.8 Å². The van der Waals surface area contributed by atoms with Gasteiger partial charge in [-0.25, -0.2) is 18.0 Å². The number of allylic oxidation sites excluding steroid dienone is 1. The molecule has 6 nitrogen and oxygen atoms in total. The number of anilines is 1. The van der Waals surface area contributed by atoms with Gasteiger partial charge in [0.25, 0.3) is 0 Å². The first kappa shape index (κ1) is 24.7. The van der Waals surface area contributed by atoms with E-state index in [9.17, 15) is 31.5 Å². The van der Waals surface area contributed by atoms with Crippen molar-refractivity contribution in [1.82, 2.24) is 0 Å². The first-order valence-corrected chi connectivity index (χ1v) is 10.3. The van der Waals surface area contributed by atoms with Crippen LogP contribution in [0.2, 0.25) is 0 Å². The zero-order chi connectivity index (χ0) is 26.1. The van der Waals surface area contributed by atoms with E-state index in [1.807, 2.05) is 31.1 Å². The summed E-state index contributed by atoms with van der Waals surface area (Å²) in [5.74, 6) is -14.4. The Kier molecular flexibility index (Phi) is 6.65. The van der Waals surface area contributed by atoms with Gasteiger partial charge in [-0.1, -0.05) is 12.1 Å². The lowest BCUT2D eigenvalue weighted by atomic mass is 10.1. The Bertz CT molecular complexity index is 1370. The molecule has 0 N–H and O–H groups in total. The Morgan fingerprint density at radius 3 is 2.14 bits per heavy atom. The van der Waals surface area contributed by atoms with Crippen LogP contribution in [0.1, 0.15) is 15.9 Å². The molecule has 3 aromatic rings. The lowest BCUT2D eigenvalue weighted by molar-refractivity contribution is -0.136. The number of nitrogens with zero attached hydrogens (tertiary/aromatic N) is 1. The van der Waals surface area contributed by atoms with Crippen molar-refractivity contribution in [3.8, 4) is 17.2 Å². The average Bonchev–Trinajstić information content (AvgIpc) is 3.16. The Balaban J connectivity index is 1.44. The lowest BCUT2D eigenvalue weighted by Crippen LogP contribution is -2.19. The van der Waals surface area contributed by atoms with Crippen LogP contribution in [0.5, 0.6) is 17.2 Å². The van der Waals surface area contributed by atoms with Crippen molar-refractivity contribution in [1.29, 1.82) is 0 Å². The Morgan fingerprint density at radius 1 is 0.917 bits per heavy atom. The van der Waals surface area contributed by atoms with E-state index in [0.29, 0.717) is 5.56 Å². The summed E-state index contributed by atoms with van der Waals surface area (Å²) in [4.78, 5) is 26.6. The van der Waals surface area contributed by atoms with Crippen molar-refractivity contribution in [2.45, 2.75) is 0 Å². The van der Waals surface area contributed by atoms with E-state index in [4.69, 9.17) is 9.47 Å². The van der Waals surface area contributed by atoms with Crippen LogP contribution in [-0.4, -0.2) is 32.5 Å². The maximum Gasteiger partial charge on any atom is 0.349 e. The minimum atomic E-state index is -2.35. The molecule has 0 aromatic heterocycles. The van der Waals surface area contributed by atoms with Crippen LogP contribution in [0.25, 0.3) is 6.08 Å². The second kappa shape index (κ2) is 9.68. The number of hydrogen-bond acceptors (Lipinski definition) is 6. The number of hydrogen-bond donors (Lipinski definition) is 0. The van der Waals surface area contributed by atoms with Gasteiger partial charge in [0.2, 0.25) is 34.9 Å². The molecule has 3 aromatic carbocycles. The fraction of sp³-hybridized carbons (Fsp3) is 0.120. The molecule has 0 spiro atoms. The van der Waals surface area contributed by atoms with Crippen LogP contribution in [0.4, 0.5) is 27.6 Å². The number of rotatable bonds is 6. The highest BCUT2D eigenvalue weighted by atomic mass is 19.2. The van der Waals surface area contributed by atoms with Gasteiger partial charge in [-0.15, -0.1) is 0 Å². The van der Waals surface area contributed by atoms with Crippen LogP contribution >= 0.6 is 0 Å². The summed E-state index contributed by atoms with van der Waals surface area (Å²) in [6, 6.07) is 11.2. The predicted octanol–water partition coefficient (Wildman–Crippen LogP) is 5.05. The Hall–Kier alpha value is -4.41. The minimum absolute atomic E-state index is 0.0423. The maximum absolute atomic E-state index is 13.7. The molecule has 0 saturated carbocycles. The first-order valence-electron chi connectivity index (χ1n) is 10.3. The monoisotopic (exact) mass is 505 g/mol. The summed E-state index contributed by atoms with van der Waals surface area (Å²) in [6.07, 6.45) is 1.55. The van der Waals surface area contributed by atoms with Gasteiger partial charge in [0.15, 0.2) is 18.1 Å². The van der Waals surface area contributed by atoms with Crippen LogP contribution in [0.15, 0.2) is 48.2 Å². The van der Waals surface area contributed by atoms with Crippen LogP contribution < -0.4 is 19.1 Å². The Morgan fingerprint density at radius 2 is 1.53 bits per heavy atom. The molecule has 36 heavy (non-hydrogen) atoms. The van der Waals surface area contributed by atoms with Crippen LogP contribution in [-0.2, 0) is 4.79 Å². The molecule has 0 atom stereocenters. The number of ether oxygens (including phenoxy) is 3. The number of carbonyl (C=O) groups excluding carboxylic acids is 2. The maximum atomic E-state index is 13.7. The van der Waals surface area contributed by atoms with Crippen molar-refractivity contribution in [2.75, 3.05) is 25.6 Å². The summed E-state index contributed by atoms with van der Waals surface area (Å²) < 4.78 is 81.9. The third-order valence-electron chi connectivity index (χ3n) is 5.08. The van der Waals surface area contributed by atoms with E-state index in [1.54, 1.807) is 18.2 Å². The minimum Gasteiger partial charge on any atom is -0.476 e. The van der Waals surface area contributed by atoms with Crippen molar-refractivity contribution < 1.29 is 45.8 Å². The van der Waals surface area contributed by atoms with Crippen molar-refractivity contribution >= 4 is 23.5 Å². The SMILES string of the molecule is CN(C)c1ccc(/C=C2\Oc3cc(OC(=O)COc4c(F)c(F)c(F)c(F)c4F)ccc3C2=O)cc1. The summed E-state index contributed by atoms with van der Waals surface area (Å²) in [5.41, 5.74) is 1.90. The molecular formula is C25H16F5NO5. The number of fused-ring (bicyclic) bond motifs is 1. The highest BCUT2D eigenvalue weighted by molar-refractivity contribution is 6.14. The molecule has 0 amide bonds. The van der Waals surface area contributed by atoms with Crippen molar-refractivity contribution in [2.24, 2.45) is 0 Å². The van der Waals surface area contributed by atoms with Gasteiger partial charge >= 0.3 is 5.97 Å². The molecule has 0 unspecified atom stereocenters. The zero-order valence-corrected chi connectivity index (χ0v) is 18.7. The van der Waals surface area contributed by atoms with Crippen molar-refractivity contribution in [3.05, 3.63) is 88.4 Å². The molecule has 11 heteroatoms. The van der Waals surface area contributed by atoms with E-state index >= 15 is 0 Å². The Labute approximate surface area is 201 Å². The standard InChI is InChI=1S/C25H16F5NO5/c1-31(2)13-5-3-12(4-6-13)9-17-24(33)15-8-7-14(10-16(15)36-17)35-18(32)11-34-25-22(29)20(27)19(26)21(28)23(25)30/h3-10H,11H2,1-2H3/b17-9-. The highest BCUT2D eigenvalue weighted by Gasteiger charge is 2.29. The molecule has 4 rings (SSSR count). The van der Waals surface area contributed by atoms with E-state index in [2.05, 4.69) is 4.74 Å². The van der Waals surface area contributed by atoms with Gasteiger partial charge in [-0.05, 0) is 35.9 Å². The molecule has 0 saturated heterocycles. The quantitative estimate of drug-likeness (QED) is 0.117. The van der Waals surface area contributed by atoms with Crippen LogP contribution in [0.3, 0.4) is 0 Å². The van der Waals surface area contributed by atoms with E-state index in [0.717, 1.165) is 5.69 Å². The average molecular weight is 505 g/mol. The van der Waals surface area contributed by atoms with Crippen LogP contribution in [0, 0.1) is 29.1 Å². The fourth-order valence-corrected chi connectivity index (χ4v) is 3.25. The number of ketones is 1. The van der Waals surface area contributed by atoms with Gasteiger partial charge < -0.3 is 19.1 Å². The molecule has 0 fully saturated rings. The topological polar surface area (TPSA) is 65.1 Å². The first-order chi connectivity index (χ1) is 17.1. The second-order valence-corrected chi connectivity index (χ2v) is 7.75. The molecule has 1 aliphatic rings. The van der Waals surface area contributed by atoms with Gasteiger partial charge in [0.1, 0.15) is 11.5 Å². The number of carbonyl (C=O) groups is 2. The fourth-order valence-electron chi connectivity index (χ4n) is 3.25. The molecule has 186 valence electrons. The van der Waals surface area contributed by atoms with E-state index in [-0.39, 0.29) is 22.8 Å². The smallest absolute Gasteiger partial charge is 0.349 e. The van der Waals surface area contributed by atoms with E-state index < -0.39 is 53.2 Å². The normalized spacial score (nSPS) is 13.4. The molecule has 1 heterocycles. The highest BCUT2D eigenvalue weighted by Crippen LogP contribution is 2.35. The van der Waals surface area contributed by atoms with Gasteiger partial charge in [-0.3, -0.25) is 4.79 Å². The number of halogens is 5. The molecule has 1 aliphatic heterocycles. The lowest BCUT2D eigenvalue weighted by Gasteiger charge is -2.11. The largest absolute Gasteiger partial charge is 0.476 e. The van der Waals surface area contributed by atoms with E-state index in [1.165, 1.54) is 18.2 Å². The molecule has 0 radical (unpaired) electrons. The molecule has 0 bridgehead atoms. The molecule has 0 aliphatic carbocycles. The van der Waals surface area contributed by atoms with Crippen molar-refractivity contribution in [3.63, 3.8) is 0 Å². The predicted molar refractivity (Wildman–Crippen MR) is 118 cm³/mol. The zero-order valence-electron chi connectivity index (χ0n) is 18.7. The number of benzene rings is 3.